The number of esters is 1. The smallest absolute Gasteiger partial charge is 0.321 e. The van der Waals surface area contributed by atoms with Gasteiger partial charge in [0.05, 0.1) is 12.5 Å². The molecule has 0 bridgehead atoms. The van der Waals surface area contributed by atoms with Crippen molar-refractivity contribution in [2.24, 2.45) is 5.92 Å². The first-order valence-corrected chi connectivity index (χ1v) is 7.95. The number of carbonyl (C=O) groups is 2. The predicted molar refractivity (Wildman–Crippen MR) is 85.8 cm³/mol. The van der Waals surface area contributed by atoms with Crippen molar-refractivity contribution in [2.75, 3.05) is 25.0 Å². The van der Waals surface area contributed by atoms with E-state index in [1.807, 2.05) is 24.3 Å². The lowest BCUT2D eigenvalue weighted by Crippen LogP contribution is -2.44. The molecule has 1 atom stereocenters. The SMILES string of the molecule is CCOC(=O)[C@@H]1CCCN(C(=O)Nc2cccc(CC)c2)C1. The third-order valence-electron chi connectivity index (χ3n) is 3.92. The Labute approximate surface area is 131 Å². The second kappa shape index (κ2) is 7.82. The second-order valence-corrected chi connectivity index (χ2v) is 5.52. The minimum Gasteiger partial charge on any atom is -0.466 e. The van der Waals surface area contributed by atoms with Gasteiger partial charge in [-0.1, -0.05) is 19.1 Å². The Balaban J connectivity index is 1.95. The second-order valence-electron chi connectivity index (χ2n) is 5.52. The van der Waals surface area contributed by atoms with Crippen LogP contribution in [0, 0.1) is 5.92 Å². The summed E-state index contributed by atoms with van der Waals surface area (Å²) < 4.78 is 5.06. The van der Waals surface area contributed by atoms with Crippen molar-refractivity contribution in [3.63, 3.8) is 0 Å². The molecule has 2 rings (SSSR count). The van der Waals surface area contributed by atoms with E-state index in [1.165, 1.54) is 5.56 Å². The standard InChI is InChI=1S/C17H24N2O3/c1-3-13-7-5-9-15(11-13)18-17(21)19-10-6-8-14(12-19)16(20)22-4-2/h5,7,9,11,14H,3-4,6,8,10,12H2,1-2H3,(H,18,21)/t14-/m1/s1. The molecule has 1 aliphatic heterocycles. The Morgan fingerprint density at radius 1 is 1.36 bits per heavy atom. The summed E-state index contributed by atoms with van der Waals surface area (Å²) in [6.07, 6.45) is 2.54. The number of hydrogen-bond donors (Lipinski definition) is 1. The Morgan fingerprint density at radius 2 is 2.18 bits per heavy atom. The molecule has 0 radical (unpaired) electrons. The molecule has 1 aromatic carbocycles. The highest BCUT2D eigenvalue weighted by atomic mass is 16.5. The number of hydrogen-bond acceptors (Lipinski definition) is 3. The van der Waals surface area contributed by atoms with Crippen LogP contribution in [0.1, 0.15) is 32.3 Å². The fourth-order valence-corrected chi connectivity index (χ4v) is 2.69. The molecule has 5 heteroatoms. The number of nitrogens with zero attached hydrogens (tertiary/aromatic N) is 1. The van der Waals surface area contributed by atoms with Gasteiger partial charge < -0.3 is 15.0 Å². The van der Waals surface area contributed by atoms with Crippen LogP contribution in [0.15, 0.2) is 24.3 Å². The minimum absolute atomic E-state index is 0.151. The maximum absolute atomic E-state index is 12.4. The summed E-state index contributed by atoms with van der Waals surface area (Å²) in [5, 5.41) is 2.91. The van der Waals surface area contributed by atoms with Gasteiger partial charge in [0.1, 0.15) is 0 Å². The molecule has 1 fully saturated rings. The molecule has 1 aliphatic rings. The van der Waals surface area contributed by atoms with Crippen molar-refractivity contribution in [2.45, 2.75) is 33.1 Å². The topological polar surface area (TPSA) is 58.6 Å². The molecule has 1 aromatic rings. The summed E-state index contributed by atoms with van der Waals surface area (Å²) in [6, 6.07) is 7.68. The first-order chi connectivity index (χ1) is 10.6. The molecule has 0 spiro atoms. The molecule has 5 nitrogen and oxygen atoms in total. The van der Waals surface area contributed by atoms with E-state index in [9.17, 15) is 9.59 Å². The van der Waals surface area contributed by atoms with E-state index < -0.39 is 0 Å². The van der Waals surface area contributed by atoms with Crippen LogP contribution in [0.25, 0.3) is 0 Å². The molecule has 1 saturated heterocycles. The molecule has 2 amide bonds. The molecular weight excluding hydrogens is 280 g/mol. The van der Waals surface area contributed by atoms with Crippen LogP contribution in [0.5, 0.6) is 0 Å². The van der Waals surface area contributed by atoms with E-state index in [4.69, 9.17) is 4.74 Å². The van der Waals surface area contributed by atoms with Crippen LogP contribution in [0.4, 0.5) is 10.5 Å². The van der Waals surface area contributed by atoms with E-state index >= 15 is 0 Å². The molecule has 0 unspecified atom stereocenters. The fraction of sp³-hybridized carbons (Fsp3) is 0.529. The predicted octanol–water partition coefficient (Wildman–Crippen LogP) is 3.06. The number of ether oxygens (including phenoxy) is 1. The van der Waals surface area contributed by atoms with Gasteiger partial charge in [-0.05, 0) is 43.9 Å². The van der Waals surface area contributed by atoms with Gasteiger partial charge in [0.25, 0.3) is 0 Å². The molecule has 22 heavy (non-hydrogen) atoms. The highest BCUT2D eigenvalue weighted by molar-refractivity contribution is 5.90. The number of benzene rings is 1. The number of nitrogens with one attached hydrogen (secondary N) is 1. The third kappa shape index (κ3) is 4.23. The largest absolute Gasteiger partial charge is 0.466 e. The number of anilines is 1. The number of likely N-dealkylation sites (tertiary alicyclic amines) is 1. The number of aryl methyl sites for hydroxylation is 1. The first kappa shape index (κ1) is 16.3. The lowest BCUT2D eigenvalue weighted by molar-refractivity contribution is -0.149. The minimum atomic E-state index is -0.207. The molecule has 120 valence electrons. The molecule has 0 saturated carbocycles. The van der Waals surface area contributed by atoms with Crippen LogP contribution in [-0.4, -0.2) is 36.6 Å². The summed E-state index contributed by atoms with van der Waals surface area (Å²) in [5.41, 5.74) is 1.98. The van der Waals surface area contributed by atoms with Crippen molar-refractivity contribution in [3.8, 4) is 0 Å². The van der Waals surface area contributed by atoms with Crippen molar-refractivity contribution in [1.29, 1.82) is 0 Å². The number of amides is 2. The average molecular weight is 304 g/mol. The lowest BCUT2D eigenvalue weighted by Gasteiger charge is -2.31. The van der Waals surface area contributed by atoms with Crippen LogP contribution in [0.2, 0.25) is 0 Å². The van der Waals surface area contributed by atoms with E-state index in [1.54, 1.807) is 11.8 Å². The lowest BCUT2D eigenvalue weighted by atomic mass is 9.98. The zero-order valence-electron chi connectivity index (χ0n) is 13.3. The van der Waals surface area contributed by atoms with Crippen LogP contribution in [0.3, 0.4) is 0 Å². The van der Waals surface area contributed by atoms with Gasteiger partial charge in [0.15, 0.2) is 0 Å². The molecular formula is C17H24N2O3. The highest BCUT2D eigenvalue weighted by Gasteiger charge is 2.29. The van der Waals surface area contributed by atoms with Gasteiger partial charge in [-0.25, -0.2) is 4.79 Å². The van der Waals surface area contributed by atoms with Gasteiger partial charge in [0, 0.05) is 18.8 Å². The highest BCUT2D eigenvalue weighted by Crippen LogP contribution is 2.19. The number of piperidine rings is 1. The van der Waals surface area contributed by atoms with Crippen molar-refractivity contribution in [1.82, 2.24) is 4.90 Å². The fourth-order valence-electron chi connectivity index (χ4n) is 2.69. The quantitative estimate of drug-likeness (QED) is 0.870. The summed E-state index contributed by atoms with van der Waals surface area (Å²) in [6.45, 7) is 5.36. The number of urea groups is 1. The summed E-state index contributed by atoms with van der Waals surface area (Å²) in [4.78, 5) is 25.9. The zero-order valence-corrected chi connectivity index (χ0v) is 13.3. The van der Waals surface area contributed by atoms with Gasteiger partial charge in [-0.15, -0.1) is 0 Å². The van der Waals surface area contributed by atoms with Gasteiger partial charge >= 0.3 is 12.0 Å². The van der Waals surface area contributed by atoms with E-state index in [-0.39, 0.29) is 17.9 Å². The van der Waals surface area contributed by atoms with E-state index in [0.29, 0.717) is 19.7 Å². The Kier molecular flexibility index (Phi) is 5.81. The van der Waals surface area contributed by atoms with E-state index in [2.05, 4.69) is 12.2 Å². The molecule has 0 aromatic heterocycles. The van der Waals surface area contributed by atoms with Gasteiger partial charge in [-0.3, -0.25) is 4.79 Å². The van der Waals surface area contributed by atoms with Crippen molar-refractivity contribution in [3.05, 3.63) is 29.8 Å². The Bertz CT molecular complexity index is 530. The Morgan fingerprint density at radius 3 is 2.91 bits per heavy atom. The monoisotopic (exact) mass is 304 g/mol. The maximum Gasteiger partial charge on any atom is 0.321 e. The summed E-state index contributed by atoms with van der Waals surface area (Å²) in [7, 11) is 0. The van der Waals surface area contributed by atoms with Crippen molar-refractivity contribution >= 4 is 17.7 Å². The van der Waals surface area contributed by atoms with E-state index in [0.717, 1.165) is 24.9 Å². The summed E-state index contributed by atoms with van der Waals surface area (Å²) in [5.74, 6) is -0.408. The third-order valence-corrected chi connectivity index (χ3v) is 3.92. The first-order valence-electron chi connectivity index (χ1n) is 7.95. The molecule has 1 N–H and O–H groups in total. The van der Waals surface area contributed by atoms with Crippen LogP contribution >= 0.6 is 0 Å². The number of carbonyl (C=O) groups excluding carboxylic acids is 2. The average Bonchev–Trinajstić information content (AvgIpc) is 2.55. The van der Waals surface area contributed by atoms with Gasteiger partial charge in [0.2, 0.25) is 0 Å². The zero-order chi connectivity index (χ0) is 15.9. The molecule has 0 aliphatic carbocycles. The maximum atomic E-state index is 12.4. The van der Waals surface area contributed by atoms with Crippen LogP contribution in [-0.2, 0) is 16.0 Å². The summed E-state index contributed by atoms with van der Waals surface area (Å²) >= 11 is 0. The molecule has 1 heterocycles. The van der Waals surface area contributed by atoms with Gasteiger partial charge in [-0.2, -0.15) is 0 Å². The number of rotatable bonds is 4. The normalized spacial score (nSPS) is 17.9. The van der Waals surface area contributed by atoms with Crippen molar-refractivity contribution < 1.29 is 14.3 Å². The van der Waals surface area contributed by atoms with Crippen LogP contribution < -0.4 is 5.32 Å². The Hall–Kier alpha value is -2.04.